The number of ether oxygens (including phenoxy) is 3. The predicted molar refractivity (Wildman–Crippen MR) is 163 cm³/mol. The van der Waals surface area contributed by atoms with E-state index in [9.17, 15) is 4.79 Å². The molecule has 3 aromatic carbocycles. The molecule has 216 valence electrons. The summed E-state index contributed by atoms with van der Waals surface area (Å²) in [6.07, 6.45) is 7.75. The molecular formula is C33H39N3O5. The second-order valence-corrected chi connectivity index (χ2v) is 10.4. The van der Waals surface area contributed by atoms with Gasteiger partial charge in [-0.3, -0.25) is 4.90 Å². The van der Waals surface area contributed by atoms with Crippen LogP contribution in [0.5, 0.6) is 11.5 Å². The first-order valence-corrected chi connectivity index (χ1v) is 14.1. The number of hydrogen-bond acceptors (Lipinski definition) is 7. The third-order valence-electron chi connectivity index (χ3n) is 8.02. The molecule has 4 heterocycles. The summed E-state index contributed by atoms with van der Waals surface area (Å²) in [6.45, 7) is 3.64. The Kier molecular flexibility index (Phi) is 9.11. The lowest BCUT2D eigenvalue weighted by atomic mass is 9.96. The van der Waals surface area contributed by atoms with Gasteiger partial charge in [-0.05, 0) is 48.2 Å². The van der Waals surface area contributed by atoms with Crippen LogP contribution in [0.3, 0.4) is 0 Å². The molecule has 3 aliphatic rings. The van der Waals surface area contributed by atoms with Crippen LogP contribution in [0.25, 0.3) is 21.7 Å². The monoisotopic (exact) mass is 557 g/mol. The van der Waals surface area contributed by atoms with E-state index in [4.69, 9.17) is 19.3 Å². The summed E-state index contributed by atoms with van der Waals surface area (Å²) in [6, 6.07) is 21.9. The maximum absolute atomic E-state index is 12.0. The van der Waals surface area contributed by atoms with Gasteiger partial charge in [0.2, 0.25) is 0 Å². The van der Waals surface area contributed by atoms with Crippen LogP contribution < -0.4 is 14.4 Å². The molecule has 0 spiro atoms. The number of methoxy groups -OCH3 is 2. The number of aliphatic hydroxyl groups excluding tert-OH is 1. The van der Waals surface area contributed by atoms with E-state index in [-0.39, 0.29) is 0 Å². The third kappa shape index (κ3) is 6.19. The van der Waals surface area contributed by atoms with Crippen molar-refractivity contribution in [1.29, 1.82) is 0 Å². The van der Waals surface area contributed by atoms with Crippen molar-refractivity contribution < 1.29 is 24.1 Å². The average molecular weight is 558 g/mol. The molecule has 8 heteroatoms. The molecule has 3 aliphatic heterocycles. The molecule has 0 aliphatic carbocycles. The number of aromatic amines is 1. The summed E-state index contributed by atoms with van der Waals surface area (Å²) in [7, 11) is 4.00. The number of carbonyl (C=O) groups excluding carboxylic acids is 1. The summed E-state index contributed by atoms with van der Waals surface area (Å²) in [5.41, 5.74) is 2.50. The second-order valence-electron chi connectivity index (χ2n) is 10.4. The average Bonchev–Trinajstić information content (AvgIpc) is 3.44. The SMILES string of the molecule is CO.COC(=O)c1cc2c(OCCCN3C[C@H]4C/C=C\C[C@H]3CN4c3ccc4ccccc4c3)cc(OC)cc2[nH]1. The Bertz CT molecular complexity index is 1510. The van der Waals surface area contributed by atoms with Crippen LogP contribution in [0.1, 0.15) is 29.8 Å². The summed E-state index contributed by atoms with van der Waals surface area (Å²) in [4.78, 5) is 20.4. The highest BCUT2D eigenvalue weighted by Crippen LogP contribution is 2.33. The molecule has 2 atom stereocenters. The lowest BCUT2D eigenvalue weighted by molar-refractivity contribution is 0.0595. The molecule has 0 saturated carbocycles. The first-order chi connectivity index (χ1) is 20.1. The predicted octanol–water partition coefficient (Wildman–Crippen LogP) is 5.40. The Morgan fingerprint density at radius 3 is 2.51 bits per heavy atom. The van der Waals surface area contributed by atoms with Gasteiger partial charge >= 0.3 is 5.97 Å². The summed E-state index contributed by atoms with van der Waals surface area (Å²) < 4.78 is 16.6. The van der Waals surface area contributed by atoms with Crippen molar-refractivity contribution in [3.05, 3.63) is 78.5 Å². The van der Waals surface area contributed by atoms with Gasteiger partial charge in [-0.25, -0.2) is 4.79 Å². The molecule has 1 saturated heterocycles. The van der Waals surface area contributed by atoms with Crippen LogP contribution in [0, 0.1) is 0 Å². The van der Waals surface area contributed by atoms with Crippen LogP contribution >= 0.6 is 0 Å². The number of aliphatic hydroxyl groups is 1. The number of benzene rings is 3. The van der Waals surface area contributed by atoms with E-state index >= 15 is 0 Å². The first-order valence-electron chi connectivity index (χ1n) is 14.1. The molecule has 41 heavy (non-hydrogen) atoms. The smallest absolute Gasteiger partial charge is 0.354 e. The fourth-order valence-electron chi connectivity index (χ4n) is 5.97. The maximum atomic E-state index is 12.0. The Labute approximate surface area is 241 Å². The number of rotatable bonds is 8. The number of fused-ring (bicyclic) bond motifs is 6. The van der Waals surface area contributed by atoms with E-state index in [0.29, 0.717) is 35.9 Å². The van der Waals surface area contributed by atoms with Gasteiger partial charge in [0.05, 0.1) is 26.3 Å². The largest absolute Gasteiger partial charge is 0.497 e. The standard InChI is InChI=1S/C32H35N3O4.CH4O/c1-37-27-17-29-28(19-30(33-29)32(36)38-2)31(18-27)39-15-7-14-34-20-26-11-6-5-10-25(34)21-35(26)24-13-12-22-8-3-4-9-23(22)16-24;1-2/h3-6,8-9,12-13,16-19,25-26,33H,7,10-11,14-15,20-21H2,1-2H3;2H,1H3/b6-5-;/t25-,26+;/m0./s1. The summed E-state index contributed by atoms with van der Waals surface area (Å²) in [5, 5.41) is 10.4. The molecule has 2 bridgehead atoms. The third-order valence-corrected chi connectivity index (χ3v) is 8.02. The summed E-state index contributed by atoms with van der Waals surface area (Å²) >= 11 is 0. The van der Waals surface area contributed by atoms with Gasteiger partial charge in [0.15, 0.2) is 0 Å². The van der Waals surface area contributed by atoms with Crippen molar-refractivity contribution in [3.8, 4) is 11.5 Å². The lowest BCUT2D eigenvalue weighted by Crippen LogP contribution is -2.59. The van der Waals surface area contributed by atoms with Crippen molar-refractivity contribution in [2.45, 2.75) is 31.3 Å². The van der Waals surface area contributed by atoms with Crippen LogP contribution in [-0.4, -0.2) is 80.6 Å². The Morgan fingerprint density at radius 2 is 1.73 bits per heavy atom. The molecule has 1 aromatic heterocycles. The van der Waals surface area contributed by atoms with E-state index < -0.39 is 5.97 Å². The van der Waals surface area contributed by atoms with Gasteiger partial charge < -0.3 is 29.2 Å². The fraction of sp³-hybridized carbons (Fsp3) is 0.364. The number of H-pyrrole nitrogens is 1. The van der Waals surface area contributed by atoms with E-state index in [2.05, 4.69) is 69.4 Å². The van der Waals surface area contributed by atoms with Crippen molar-refractivity contribution >= 4 is 33.3 Å². The second kappa shape index (κ2) is 13.1. The fourth-order valence-corrected chi connectivity index (χ4v) is 5.97. The van der Waals surface area contributed by atoms with Gasteiger partial charge in [-0.15, -0.1) is 0 Å². The minimum absolute atomic E-state index is 0.395. The van der Waals surface area contributed by atoms with Gasteiger partial charge in [0.1, 0.15) is 17.2 Å². The number of esters is 1. The normalized spacial score (nSPS) is 19.3. The zero-order valence-electron chi connectivity index (χ0n) is 24.0. The highest BCUT2D eigenvalue weighted by atomic mass is 16.5. The minimum atomic E-state index is -0.407. The minimum Gasteiger partial charge on any atom is -0.497 e. The van der Waals surface area contributed by atoms with E-state index in [1.807, 2.05) is 12.1 Å². The molecule has 7 rings (SSSR count). The molecule has 0 radical (unpaired) electrons. The van der Waals surface area contributed by atoms with Gasteiger partial charge in [-0.2, -0.15) is 0 Å². The Balaban J connectivity index is 0.00000165. The number of piperazine rings is 1. The maximum Gasteiger partial charge on any atom is 0.354 e. The Morgan fingerprint density at radius 1 is 0.951 bits per heavy atom. The van der Waals surface area contributed by atoms with Crippen LogP contribution in [0.2, 0.25) is 0 Å². The molecule has 0 unspecified atom stereocenters. The first kappa shape index (κ1) is 28.5. The van der Waals surface area contributed by atoms with E-state index in [1.165, 1.54) is 23.6 Å². The van der Waals surface area contributed by atoms with Crippen LogP contribution in [0.15, 0.2) is 72.8 Å². The zero-order valence-corrected chi connectivity index (χ0v) is 24.0. The molecule has 0 amide bonds. The van der Waals surface area contributed by atoms with Crippen molar-refractivity contribution in [3.63, 3.8) is 0 Å². The van der Waals surface area contributed by atoms with Crippen molar-refractivity contribution in [2.24, 2.45) is 0 Å². The number of carbonyl (C=O) groups is 1. The number of nitrogens with one attached hydrogen (secondary N) is 1. The van der Waals surface area contributed by atoms with Gasteiger partial charge in [-0.1, -0.05) is 42.5 Å². The van der Waals surface area contributed by atoms with Crippen molar-refractivity contribution in [1.82, 2.24) is 9.88 Å². The molecule has 2 N–H and O–H groups in total. The number of nitrogens with zero attached hydrogens (tertiary/aromatic N) is 2. The van der Waals surface area contributed by atoms with Crippen molar-refractivity contribution in [2.75, 3.05) is 52.5 Å². The number of anilines is 1. The lowest BCUT2D eigenvalue weighted by Gasteiger charge is -2.48. The molecule has 1 fully saturated rings. The van der Waals surface area contributed by atoms with E-state index in [1.54, 1.807) is 13.2 Å². The molecule has 8 nitrogen and oxygen atoms in total. The van der Waals surface area contributed by atoms with Crippen LogP contribution in [0.4, 0.5) is 5.69 Å². The highest BCUT2D eigenvalue weighted by molar-refractivity contribution is 5.97. The van der Waals surface area contributed by atoms with Gasteiger partial charge in [0.25, 0.3) is 0 Å². The Hall–Kier alpha value is -4.01. The topological polar surface area (TPSA) is 87.3 Å². The molecular weight excluding hydrogens is 518 g/mol. The van der Waals surface area contributed by atoms with E-state index in [0.717, 1.165) is 56.9 Å². The summed E-state index contributed by atoms with van der Waals surface area (Å²) in [5.74, 6) is 0.975. The van der Waals surface area contributed by atoms with Crippen LogP contribution in [-0.2, 0) is 4.74 Å². The zero-order chi connectivity index (χ0) is 28.8. The molecule has 4 aromatic rings. The number of aromatic nitrogens is 1. The van der Waals surface area contributed by atoms with Gasteiger partial charge in [0, 0.05) is 62.0 Å². The number of hydrogen-bond donors (Lipinski definition) is 2. The quantitative estimate of drug-likeness (QED) is 0.170. The highest BCUT2D eigenvalue weighted by Gasteiger charge is 2.33.